The van der Waals surface area contributed by atoms with Gasteiger partial charge in [-0.25, -0.2) is 4.79 Å². The zero-order valence-corrected chi connectivity index (χ0v) is 15.4. The molecule has 144 valence electrons. The van der Waals surface area contributed by atoms with Crippen molar-refractivity contribution in [2.24, 2.45) is 0 Å². The summed E-state index contributed by atoms with van der Waals surface area (Å²) in [5, 5.41) is 5.76. The van der Waals surface area contributed by atoms with Crippen LogP contribution in [0.2, 0.25) is 0 Å². The molecule has 2 amide bonds. The summed E-state index contributed by atoms with van der Waals surface area (Å²) in [6.07, 6.45) is 7.05. The second kappa shape index (κ2) is 10.5. The van der Waals surface area contributed by atoms with Crippen LogP contribution < -0.4 is 10.6 Å². The van der Waals surface area contributed by atoms with E-state index in [1.54, 1.807) is 0 Å². The summed E-state index contributed by atoms with van der Waals surface area (Å²) < 4.78 is 17.0. The summed E-state index contributed by atoms with van der Waals surface area (Å²) in [5.41, 5.74) is 1.81. The molecule has 2 heterocycles. The molecule has 3 rings (SSSR count). The highest BCUT2D eigenvalue weighted by Crippen LogP contribution is 2.16. The third-order valence-corrected chi connectivity index (χ3v) is 4.81. The Labute approximate surface area is 155 Å². The standard InChI is InChI=1S/C20H30N2O4/c23-20(21-10-9-18-8-4-12-25-18)22-17-6-3-5-16(13-17)14-24-15-19-7-1-2-11-26-19/h3,5-6,13,18-19H,1-2,4,7-12,14-15H2,(H2,21,22,23)/t18-,19+/m1/s1. The lowest BCUT2D eigenvalue weighted by Gasteiger charge is -2.22. The number of urea groups is 1. The second-order valence-electron chi connectivity index (χ2n) is 7.01. The number of hydrogen-bond acceptors (Lipinski definition) is 4. The van der Waals surface area contributed by atoms with E-state index in [0.29, 0.717) is 25.9 Å². The predicted molar refractivity (Wildman–Crippen MR) is 100 cm³/mol. The van der Waals surface area contributed by atoms with E-state index in [1.165, 1.54) is 6.42 Å². The molecule has 0 aromatic heterocycles. The van der Waals surface area contributed by atoms with Crippen molar-refractivity contribution in [3.8, 4) is 0 Å². The highest BCUT2D eigenvalue weighted by atomic mass is 16.5. The van der Waals surface area contributed by atoms with Crippen molar-refractivity contribution in [3.05, 3.63) is 29.8 Å². The first-order chi connectivity index (χ1) is 12.8. The average Bonchev–Trinajstić information content (AvgIpc) is 3.16. The molecule has 1 aromatic carbocycles. The third kappa shape index (κ3) is 6.59. The van der Waals surface area contributed by atoms with Crippen LogP contribution in [0.15, 0.2) is 24.3 Å². The minimum Gasteiger partial charge on any atom is -0.378 e. The Balaban J connectivity index is 1.35. The summed E-state index contributed by atoms with van der Waals surface area (Å²) in [6.45, 7) is 3.46. The van der Waals surface area contributed by atoms with Gasteiger partial charge in [0.05, 0.1) is 25.4 Å². The molecule has 26 heavy (non-hydrogen) atoms. The van der Waals surface area contributed by atoms with E-state index < -0.39 is 0 Å². The maximum absolute atomic E-state index is 12.0. The summed E-state index contributed by atoms with van der Waals surface area (Å²) in [6, 6.07) is 7.58. The molecule has 0 unspecified atom stereocenters. The summed E-state index contributed by atoms with van der Waals surface area (Å²) >= 11 is 0. The number of amides is 2. The van der Waals surface area contributed by atoms with Crippen LogP contribution in [0.4, 0.5) is 10.5 Å². The summed E-state index contributed by atoms with van der Waals surface area (Å²) in [5.74, 6) is 0. The fourth-order valence-corrected chi connectivity index (χ4v) is 3.38. The Morgan fingerprint density at radius 3 is 2.77 bits per heavy atom. The molecule has 0 spiro atoms. The van der Waals surface area contributed by atoms with E-state index in [1.807, 2.05) is 24.3 Å². The van der Waals surface area contributed by atoms with Crippen molar-refractivity contribution in [1.82, 2.24) is 5.32 Å². The molecule has 0 saturated carbocycles. The van der Waals surface area contributed by atoms with Gasteiger partial charge in [0.1, 0.15) is 0 Å². The second-order valence-corrected chi connectivity index (χ2v) is 7.01. The Kier molecular flexibility index (Phi) is 7.73. The summed E-state index contributed by atoms with van der Waals surface area (Å²) in [7, 11) is 0. The van der Waals surface area contributed by atoms with Crippen molar-refractivity contribution in [2.75, 3.05) is 31.7 Å². The molecule has 0 radical (unpaired) electrons. The first-order valence-corrected chi connectivity index (χ1v) is 9.74. The van der Waals surface area contributed by atoms with E-state index in [4.69, 9.17) is 14.2 Å². The van der Waals surface area contributed by atoms with Gasteiger partial charge in [0, 0.05) is 25.4 Å². The van der Waals surface area contributed by atoms with Gasteiger partial charge < -0.3 is 24.8 Å². The predicted octanol–water partition coefficient (Wildman–Crippen LogP) is 3.46. The van der Waals surface area contributed by atoms with Gasteiger partial charge in [-0.3, -0.25) is 0 Å². The first kappa shape index (κ1) is 19.1. The van der Waals surface area contributed by atoms with E-state index in [0.717, 1.165) is 56.6 Å². The molecule has 2 saturated heterocycles. The maximum Gasteiger partial charge on any atom is 0.319 e. The van der Waals surface area contributed by atoms with Crippen molar-refractivity contribution >= 4 is 11.7 Å². The SMILES string of the molecule is O=C(NCC[C@H]1CCCO1)Nc1cccc(COC[C@@H]2CCCCO2)c1. The zero-order valence-electron chi connectivity index (χ0n) is 15.4. The van der Waals surface area contributed by atoms with Crippen LogP contribution in [0.25, 0.3) is 0 Å². The number of benzene rings is 1. The molecule has 2 aliphatic rings. The highest BCUT2D eigenvalue weighted by Gasteiger charge is 2.15. The molecule has 1 aromatic rings. The van der Waals surface area contributed by atoms with Gasteiger partial charge in [-0.05, 0) is 56.2 Å². The molecule has 2 atom stereocenters. The molecule has 0 bridgehead atoms. The average molecular weight is 362 g/mol. The van der Waals surface area contributed by atoms with Crippen molar-refractivity contribution in [1.29, 1.82) is 0 Å². The van der Waals surface area contributed by atoms with Crippen LogP contribution in [-0.2, 0) is 20.8 Å². The van der Waals surface area contributed by atoms with Gasteiger partial charge >= 0.3 is 6.03 Å². The quantitative estimate of drug-likeness (QED) is 0.743. The summed E-state index contributed by atoms with van der Waals surface area (Å²) in [4.78, 5) is 12.0. The van der Waals surface area contributed by atoms with E-state index >= 15 is 0 Å². The normalized spacial score (nSPS) is 22.9. The zero-order chi connectivity index (χ0) is 18.0. The number of carbonyl (C=O) groups excluding carboxylic acids is 1. The van der Waals surface area contributed by atoms with Gasteiger partial charge in [0.15, 0.2) is 0 Å². The highest BCUT2D eigenvalue weighted by molar-refractivity contribution is 5.89. The monoisotopic (exact) mass is 362 g/mol. The maximum atomic E-state index is 12.0. The Morgan fingerprint density at radius 2 is 1.96 bits per heavy atom. The van der Waals surface area contributed by atoms with Crippen LogP contribution in [0, 0.1) is 0 Å². The van der Waals surface area contributed by atoms with Crippen LogP contribution in [0.3, 0.4) is 0 Å². The smallest absolute Gasteiger partial charge is 0.319 e. The number of nitrogens with one attached hydrogen (secondary N) is 2. The molecule has 6 nitrogen and oxygen atoms in total. The van der Waals surface area contributed by atoms with Gasteiger partial charge in [-0.15, -0.1) is 0 Å². The van der Waals surface area contributed by atoms with Gasteiger partial charge in [-0.2, -0.15) is 0 Å². The van der Waals surface area contributed by atoms with E-state index in [9.17, 15) is 4.79 Å². The molecule has 2 fully saturated rings. The van der Waals surface area contributed by atoms with Crippen molar-refractivity contribution in [3.63, 3.8) is 0 Å². The van der Waals surface area contributed by atoms with Crippen molar-refractivity contribution < 1.29 is 19.0 Å². The number of anilines is 1. The fraction of sp³-hybridized carbons (Fsp3) is 0.650. The Bertz CT molecular complexity index is 554. The van der Waals surface area contributed by atoms with Gasteiger partial charge in [0.2, 0.25) is 0 Å². The minimum atomic E-state index is -0.184. The molecule has 6 heteroatoms. The molecule has 2 N–H and O–H groups in total. The number of hydrogen-bond donors (Lipinski definition) is 2. The lowest BCUT2D eigenvalue weighted by Crippen LogP contribution is -2.31. The van der Waals surface area contributed by atoms with E-state index in [2.05, 4.69) is 10.6 Å². The topological polar surface area (TPSA) is 68.8 Å². The Hall–Kier alpha value is -1.63. The minimum absolute atomic E-state index is 0.184. The van der Waals surface area contributed by atoms with Gasteiger partial charge in [0.25, 0.3) is 0 Å². The van der Waals surface area contributed by atoms with Crippen LogP contribution in [0.1, 0.15) is 44.1 Å². The lowest BCUT2D eigenvalue weighted by atomic mass is 10.1. The van der Waals surface area contributed by atoms with Crippen LogP contribution in [0.5, 0.6) is 0 Å². The van der Waals surface area contributed by atoms with Crippen LogP contribution >= 0.6 is 0 Å². The lowest BCUT2D eigenvalue weighted by molar-refractivity contribution is -0.0447. The largest absolute Gasteiger partial charge is 0.378 e. The molecule has 0 aliphatic carbocycles. The fourth-order valence-electron chi connectivity index (χ4n) is 3.38. The van der Waals surface area contributed by atoms with Gasteiger partial charge in [-0.1, -0.05) is 12.1 Å². The molecular weight excluding hydrogens is 332 g/mol. The van der Waals surface area contributed by atoms with Crippen molar-refractivity contribution in [2.45, 2.75) is 57.3 Å². The number of rotatable bonds is 8. The molecule has 2 aliphatic heterocycles. The number of ether oxygens (including phenoxy) is 3. The first-order valence-electron chi connectivity index (χ1n) is 9.74. The Morgan fingerprint density at radius 1 is 1.12 bits per heavy atom. The number of carbonyl (C=O) groups is 1. The van der Waals surface area contributed by atoms with Crippen LogP contribution in [-0.4, -0.2) is 44.6 Å². The third-order valence-electron chi connectivity index (χ3n) is 4.81. The van der Waals surface area contributed by atoms with E-state index in [-0.39, 0.29) is 12.1 Å². The molecular formula is C20H30N2O4.